The molecule has 2 N–H and O–H groups in total. The molecule has 1 heterocycles. The van der Waals surface area contributed by atoms with Gasteiger partial charge in [0.2, 0.25) is 10.0 Å². The summed E-state index contributed by atoms with van der Waals surface area (Å²) >= 11 is 0. The van der Waals surface area contributed by atoms with Gasteiger partial charge in [0, 0.05) is 19.2 Å². The number of hydrogen-bond acceptors (Lipinski definition) is 6. The van der Waals surface area contributed by atoms with Crippen LogP contribution in [0.3, 0.4) is 0 Å². The van der Waals surface area contributed by atoms with Crippen LogP contribution < -0.4 is 0 Å². The first kappa shape index (κ1) is 13.7. The van der Waals surface area contributed by atoms with Crippen LogP contribution in [0.2, 0.25) is 0 Å². The van der Waals surface area contributed by atoms with Crippen molar-refractivity contribution in [2.45, 2.75) is 17.4 Å². The maximum Gasteiger partial charge on any atom is 0.312 e. The summed E-state index contributed by atoms with van der Waals surface area (Å²) < 4.78 is 25.4. The molecule has 1 aromatic rings. The summed E-state index contributed by atoms with van der Waals surface area (Å²) in [6.07, 6.45) is -0.388. The van der Waals surface area contributed by atoms with Crippen molar-refractivity contribution in [3.63, 3.8) is 0 Å². The third kappa shape index (κ3) is 2.53. The van der Waals surface area contributed by atoms with Gasteiger partial charge in [0.05, 0.1) is 15.9 Å². The molecule has 1 saturated heterocycles. The Hall–Kier alpha value is -1.71. The highest BCUT2D eigenvalue weighted by atomic mass is 32.2. The van der Waals surface area contributed by atoms with E-state index in [1.807, 2.05) is 0 Å². The first-order valence-corrected chi connectivity index (χ1v) is 6.92. The van der Waals surface area contributed by atoms with Gasteiger partial charge in [0.1, 0.15) is 0 Å². The molecule has 0 bridgehead atoms. The van der Waals surface area contributed by atoms with E-state index in [1.165, 1.54) is 0 Å². The molecule has 1 fully saturated rings. The van der Waals surface area contributed by atoms with Gasteiger partial charge >= 0.3 is 5.69 Å². The smallest absolute Gasteiger partial charge is 0.312 e. The van der Waals surface area contributed by atoms with Crippen molar-refractivity contribution in [2.24, 2.45) is 0 Å². The minimum absolute atomic E-state index is 0.0307. The fourth-order valence-electron chi connectivity index (χ4n) is 1.89. The molecule has 0 radical (unpaired) electrons. The van der Waals surface area contributed by atoms with Crippen LogP contribution in [0, 0.1) is 10.1 Å². The zero-order valence-corrected chi connectivity index (χ0v) is 10.6. The summed E-state index contributed by atoms with van der Waals surface area (Å²) in [5.41, 5.74) is -0.666. The van der Waals surface area contributed by atoms with Gasteiger partial charge in [-0.25, -0.2) is 8.42 Å². The number of nitro groups is 1. The lowest BCUT2D eigenvalue weighted by Gasteiger charge is -2.15. The van der Waals surface area contributed by atoms with E-state index in [2.05, 4.69) is 0 Å². The number of benzene rings is 1. The van der Waals surface area contributed by atoms with Crippen LogP contribution in [0.1, 0.15) is 6.42 Å². The molecule has 1 aliphatic rings. The molecule has 0 aliphatic carbocycles. The largest absolute Gasteiger partial charge is 0.502 e. The molecule has 2 rings (SSSR count). The SMILES string of the molecule is O=[N+]([O-])c1cc(S(=O)(=O)N2CC[C@@H](O)C2)ccc1O. The van der Waals surface area contributed by atoms with Crippen molar-refractivity contribution in [1.82, 2.24) is 4.31 Å². The van der Waals surface area contributed by atoms with Gasteiger partial charge in [-0.05, 0) is 18.6 Å². The van der Waals surface area contributed by atoms with E-state index in [9.17, 15) is 28.7 Å². The van der Waals surface area contributed by atoms with E-state index in [4.69, 9.17) is 0 Å². The Kier molecular flexibility index (Phi) is 3.43. The van der Waals surface area contributed by atoms with E-state index >= 15 is 0 Å². The van der Waals surface area contributed by atoms with Gasteiger partial charge in [-0.1, -0.05) is 0 Å². The lowest BCUT2D eigenvalue weighted by atomic mass is 10.3. The van der Waals surface area contributed by atoms with Crippen molar-refractivity contribution in [2.75, 3.05) is 13.1 Å². The van der Waals surface area contributed by atoms with Crippen molar-refractivity contribution < 1.29 is 23.6 Å². The standard InChI is InChI=1S/C10H12N2O6S/c13-7-3-4-11(6-7)19(17,18)8-1-2-10(14)9(5-8)12(15)16/h1-2,5,7,13-14H,3-4,6H2/t7-/m1/s1. The first-order chi connectivity index (χ1) is 8.82. The summed E-state index contributed by atoms with van der Waals surface area (Å²) in [6, 6.07) is 2.88. The summed E-state index contributed by atoms with van der Waals surface area (Å²) in [4.78, 5) is 9.55. The second kappa shape index (κ2) is 4.76. The molecule has 0 amide bonds. The fraction of sp³-hybridized carbons (Fsp3) is 0.400. The Morgan fingerprint density at radius 2 is 2.11 bits per heavy atom. The topological polar surface area (TPSA) is 121 Å². The number of aliphatic hydroxyl groups excluding tert-OH is 1. The van der Waals surface area contributed by atoms with Crippen LogP contribution in [0.15, 0.2) is 23.1 Å². The fourth-order valence-corrected chi connectivity index (χ4v) is 3.40. The third-order valence-electron chi connectivity index (χ3n) is 2.91. The third-order valence-corrected chi connectivity index (χ3v) is 4.77. The van der Waals surface area contributed by atoms with Crippen molar-refractivity contribution >= 4 is 15.7 Å². The summed E-state index contributed by atoms with van der Waals surface area (Å²) in [5, 5.41) is 29.3. The number of β-amino-alcohol motifs (C(OH)–C–C–N with tert-alkyl or cyclic N) is 1. The molecular weight excluding hydrogens is 276 g/mol. The molecule has 19 heavy (non-hydrogen) atoms. The molecule has 0 aromatic heterocycles. The molecular formula is C10H12N2O6S. The van der Waals surface area contributed by atoms with Gasteiger partial charge in [0.15, 0.2) is 5.75 Å². The Labute approximate surface area is 109 Å². The van der Waals surface area contributed by atoms with Gasteiger partial charge in [-0.3, -0.25) is 10.1 Å². The number of rotatable bonds is 3. The molecule has 104 valence electrons. The van der Waals surface area contributed by atoms with Crippen molar-refractivity contribution in [1.29, 1.82) is 0 Å². The minimum atomic E-state index is -3.89. The number of nitrogens with zero attached hydrogens (tertiary/aromatic N) is 2. The molecule has 1 aliphatic heterocycles. The quantitative estimate of drug-likeness (QED) is 0.599. The number of phenolic OH excluding ortho intramolecular Hbond substituents is 1. The summed E-state index contributed by atoms with van der Waals surface area (Å²) in [7, 11) is -3.89. The Balaban J connectivity index is 2.41. The predicted octanol–water partition coefficient (Wildman–Crippen LogP) is 0.0557. The van der Waals surface area contributed by atoms with Crippen LogP contribution >= 0.6 is 0 Å². The normalized spacial score (nSPS) is 20.6. The second-order valence-corrected chi connectivity index (χ2v) is 6.15. The highest BCUT2D eigenvalue weighted by molar-refractivity contribution is 7.89. The maximum atomic E-state index is 12.2. The van der Waals surface area contributed by atoms with Gasteiger partial charge in [-0.15, -0.1) is 0 Å². The number of nitro benzene ring substituents is 1. The lowest BCUT2D eigenvalue weighted by molar-refractivity contribution is -0.386. The number of phenols is 1. The van der Waals surface area contributed by atoms with E-state index in [1.54, 1.807) is 0 Å². The van der Waals surface area contributed by atoms with Gasteiger partial charge in [-0.2, -0.15) is 4.31 Å². The Morgan fingerprint density at radius 3 is 2.63 bits per heavy atom. The van der Waals surface area contributed by atoms with Crippen LogP contribution in [-0.4, -0.2) is 47.1 Å². The highest BCUT2D eigenvalue weighted by Gasteiger charge is 2.32. The van der Waals surface area contributed by atoms with Crippen LogP contribution in [0.4, 0.5) is 5.69 Å². The predicted molar refractivity (Wildman–Crippen MR) is 64.1 cm³/mol. The van der Waals surface area contributed by atoms with E-state index in [-0.39, 0.29) is 18.0 Å². The van der Waals surface area contributed by atoms with E-state index in [0.29, 0.717) is 6.42 Å². The number of hydrogen-bond donors (Lipinski definition) is 2. The highest BCUT2D eigenvalue weighted by Crippen LogP contribution is 2.30. The zero-order valence-electron chi connectivity index (χ0n) is 9.76. The molecule has 8 nitrogen and oxygen atoms in total. The van der Waals surface area contributed by atoms with Crippen LogP contribution in [0.25, 0.3) is 0 Å². The van der Waals surface area contributed by atoms with Gasteiger partial charge < -0.3 is 10.2 Å². The van der Waals surface area contributed by atoms with Crippen LogP contribution in [-0.2, 0) is 10.0 Å². The Bertz CT molecular complexity index is 614. The minimum Gasteiger partial charge on any atom is -0.502 e. The van der Waals surface area contributed by atoms with E-state index < -0.39 is 32.5 Å². The second-order valence-electron chi connectivity index (χ2n) is 4.21. The molecule has 0 unspecified atom stereocenters. The molecule has 0 spiro atoms. The molecule has 1 aromatic carbocycles. The lowest BCUT2D eigenvalue weighted by Crippen LogP contribution is -2.29. The Morgan fingerprint density at radius 1 is 1.42 bits per heavy atom. The molecule has 9 heteroatoms. The number of aliphatic hydroxyl groups is 1. The van der Waals surface area contributed by atoms with Crippen molar-refractivity contribution in [3.05, 3.63) is 28.3 Å². The van der Waals surface area contributed by atoms with Crippen LogP contribution in [0.5, 0.6) is 5.75 Å². The molecule has 1 atom stereocenters. The monoisotopic (exact) mass is 288 g/mol. The number of aromatic hydroxyl groups is 1. The zero-order chi connectivity index (χ0) is 14.2. The van der Waals surface area contributed by atoms with E-state index in [0.717, 1.165) is 22.5 Å². The summed E-state index contributed by atoms with van der Waals surface area (Å²) in [6.45, 7) is 0.134. The first-order valence-electron chi connectivity index (χ1n) is 5.48. The average molecular weight is 288 g/mol. The van der Waals surface area contributed by atoms with Crippen molar-refractivity contribution in [3.8, 4) is 5.75 Å². The average Bonchev–Trinajstić information content (AvgIpc) is 2.76. The van der Waals surface area contributed by atoms with Gasteiger partial charge in [0.25, 0.3) is 0 Å². The molecule has 0 saturated carbocycles. The maximum absolute atomic E-state index is 12.2. The number of sulfonamides is 1. The summed E-state index contributed by atoms with van der Waals surface area (Å²) in [5.74, 6) is -0.592.